The third-order valence-electron chi connectivity index (χ3n) is 6.91. The van der Waals surface area contributed by atoms with Gasteiger partial charge in [0.25, 0.3) is 5.91 Å². The van der Waals surface area contributed by atoms with Crippen LogP contribution in [0, 0.1) is 5.82 Å². The SMILES string of the molecule is O=C(/C=C/c1ccc(F)cc1)Nc1ccccc1C(=O)N1CCN(C(c2ccccc2)c2ccccc2)CC1. The van der Waals surface area contributed by atoms with Gasteiger partial charge < -0.3 is 10.2 Å². The molecule has 0 atom stereocenters. The summed E-state index contributed by atoms with van der Waals surface area (Å²) in [4.78, 5) is 30.4. The molecular weight excluding hydrogens is 489 g/mol. The van der Waals surface area contributed by atoms with Gasteiger partial charge in [-0.3, -0.25) is 14.5 Å². The second kappa shape index (κ2) is 12.3. The van der Waals surface area contributed by atoms with Gasteiger partial charge in [0.15, 0.2) is 0 Å². The molecule has 1 saturated heterocycles. The van der Waals surface area contributed by atoms with Crippen LogP contribution in [-0.4, -0.2) is 47.8 Å². The summed E-state index contributed by atoms with van der Waals surface area (Å²) in [5.41, 5.74) is 4.08. The third-order valence-corrected chi connectivity index (χ3v) is 6.91. The third kappa shape index (κ3) is 6.48. The zero-order valence-electron chi connectivity index (χ0n) is 21.5. The molecule has 4 aromatic rings. The number of para-hydroxylation sites is 1. The Kier molecular flexibility index (Phi) is 8.24. The second-order valence-electron chi connectivity index (χ2n) is 9.47. The Bertz CT molecular complexity index is 1390. The number of carbonyl (C=O) groups excluding carboxylic acids is 2. The molecule has 1 aliphatic heterocycles. The number of halogens is 1. The average Bonchev–Trinajstić information content (AvgIpc) is 2.98. The Morgan fingerprint density at radius 1 is 0.718 bits per heavy atom. The highest BCUT2D eigenvalue weighted by Gasteiger charge is 2.29. The number of hydrogen-bond donors (Lipinski definition) is 1. The maximum absolute atomic E-state index is 13.5. The number of rotatable bonds is 7. The van der Waals surface area contributed by atoms with Crippen LogP contribution in [0.25, 0.3) is 6.08 Å². The van der Waals surface area contributed by atoms with Crippen LogP contribution in [0.1, 0.15) is 33.1 Å². The van der Waals surface area contributed by atoms with Crippen LogP contribution in [0.2, 0.25) is 0 Å². The van der Waals surface area contributed by atoms with E-state index in [2.05, 4.69) is 58.7 Å². The second-order valence-corrected chi connectivity index (χ2v) is 9.47. The monoisotopic (exact) mass is 519 g/mol. The van der Waals surface area contributed by atoms with Gasteiger partial charge in [0, 0.05) is 32.3 Å². The minimum absolute atomic E-state index is 0.107. The first kappa shape index (κ1) is 26.1. The molecule has 0 unspecified atom stereocenters. The van der Waals surface area contributed by atoms with Gasteiger partial charge in [-0.15, -0.1) is 0 Å². The highest BCUT2D eigenvalue weighted by Crippen LogP contribution is 2.30. The van der Waals surface area contributed by atoms with Crippen molar-refractivity contribution in [1.29, 1.82) is 0 Å². The molecule has 196 valence electrons. The van der Waals surface area contributed by atoms with Crippen molar-refractivity contribution in [3.63, 3.8) is 0 Å². The van der Waals surface area contributed by atoms with Crippen molar-refractivity contribution < 1.29 is 14.0 Å². The molecule has 39 heavy (non-hydrogen) atoms. The fraction of sp³-hybridized carbons (Fsp3) is 0.152. The Hall–Kier alpha value is -4.55. The van der Waals surface area contributed by atoms with Crippen molar-refractivity contribution in [2.45, 2.75) is 6.04 Å². The molecule has 4 aromatic carbocycles. The van der Waals surface area contributed by atoms with Crippen LogP contribution < -0.4 is 5.32 Å². The molecule has 1 fully saturated rings. The average molecular weight is 520 g/mol. The molecule has 0 spiro atoms. The predicted octanol–water partition coefficient (Wildman–Crippen LogP) is 6.03. The summed E-state index contributed by atoms with van der Waals surface area (Å²) in [6.45, 7) is 2.63. The summed E-state index contributed by atoms with van der Waals surface area (Å²) in [5, 5.41) is 2.82. The van der Waals surface area contributed by atoms with Gasteiger partial charge in [0.05, 0.1) is 17.3 Å². The zero-order chi connectivity index (χ0) is 27.0. The molecule has 0 aliphatic carbocycles. The normalized spacial score (nSPS) is 14.1. The number of amides is 2. The van der Waals surface area contributed by atoms with E-state index in [1.54, 1.807) is 42.5 Å². The fourth-order valence-electron chi connectivity index (χ4n) is 4.94. The minimum atomic E-state index is -0.363. The lowest BCUT2D eigenvalue weighted by atomic mass is 9.96. The highest BCUT2D eigenvalue weighted by molar-refractivity contribution is 6.07. The predicted molar refractivity (Wildman–Crippen MR) is 153 cm³/mol. The number of anilines is 1. The van der Waals surface area contributed by atoms with Gasteiger partial charge >= 0.3 is 0 Å². The summed E-state index contributed by atoms with van der Waals surface area (Å²) in [5.74, 6) is -0.803. The lowest BCUT2D eigenvalue weighted by molar-refractivity contribution is -0.111. The summed E-state index contributed by atoms with van der Waals surface area (Å²) >= 11 is 0. The maximum atomic E-state index is 13.5. The van der Waals surface area contributed by atoms with Gasteiger partial charge in [-0.1, -0.05) is 84.9 Å². The summed E-state index contributed by atoms with van der Waals surface area (Å²) in [6.07, 6.45) is 2.98. The van der Waals surface area contributed by atoms with E-state index in [9.17, 15) is 14.0 Å². The molecule has 1 N–H and O–H groups in total. The maximum Gasteiger partial charge on any atom is 0.256 e. The first-order chi connectivity index (χ1) is 19.1. The number of nitrogens with zero attached hydrogens (tertiary/aromatic N) is 2. The molecular formula is C33H30FN3O2. The number of hydrogen-bond acceptors (Lipinski definition) is 3. The van der Waals surface area contributed by atoms with E-state index in [1.807, 2.05) is 17.0 Å². The van der Waals surface area contributed by atoms with Crippen LogP contribution in [0.15, 0.2) is 115 Å². The summed E-state index contributed by atoms with van der Waals surface area (Å²) in [6, 6.07) is 33.9. The number of benzene rings is 4. The molecule has 2 amide bonds. The van der Waals surface area contributed by atoms with Gasteiger partial charge in [0.2, 0.25) is 5.91 Å². The van der Waals surface area contributed by atoms with E-state index in [0.717, 1.165) is 13.1 Å². The highest BCUT2D eigenvalue weighted by atomic mass is 19.1. The topological polar surface area (TPSA) is 52.7 Å². The number of nitrogens with one attached hydrogen (secondary N) is 1. The van der Waals surface area contributed by atoms with Crippen molar-refractivity contribution in [3.05, 3.63) is 143 Å². The number of carbonyl (C=O) groups is 2. The molecule has 0 radical (unpaired) electrons. The molecule has 1 heterocycles. The molecule has 0 aromatic heterocycles. The standard InChI is InChI=1S/C33H30FN3O2/c34-28-18-15-25(16-19-28)17-20-31(38)35-30-14-8-7-13-29(30)33(39)37-23-21-36(22-24-37)32(26-9-3-1-4-10-26)27-11-5-2-6-12-27/h1-20,32H,21-24H2,(H,35,38)/b20-17+. The molecule has 5 rings (SSSR count). The molecule has 5 nitrogen and oxygen atoms in total. The van der Waals surface area contributed by atoms with E-state index in [4.69, 9.17) is 0 Å². The largest absolute Gasteiger partial charge is 0.336 e. The molecule has 0 bridgehead atoms. The van der Waals surface area contributed by atoms with Crippen molar-refractivity contribution in [3.8, 4) is 0 Å². The smallest absolute Gasteiger partial charge is 0.256 e. The Morgan fingerprint density at radius 3 is 1.90 bits per heavy atom. The van der Waals surface area contributed by atoms with E-state index >= 15 is 0 Å². The van der Waals surface area contributed by atoms with Crippen LogP contribution in [0.5, 0.6) is 0 Å². The molecule has 1 aliphatic rings. The van der Waals surface area contributed by atoms with Gasteiger partial charge in [-0.2, -0.15) is 0 Å². The first-order valence-corrected chi connectivity index (χ1v) is 13.1. The van der Waals surface area contributed by atoms with E-state index in [-0.39, 0.29) is 23.7 Å². The lowest BCUT2D eigenvalue weighted by Gasteiger charge is -2.40. The first-order valence-electron chi connectivity index (χ1n) is 13.1. The van der Waals surface area contributed by atoms with E-state index in [1.165, 1.54) is 29.3 Å². The van der Waals surface area contributed by atoms with Crippen molar-refractivity contribution in [2.24, 2.45) is 0 Å². The zero-order valence-corrected chi connectivity index (χ0v) is 21.5. The Labute approximate surface area is 228 Å². The van der Waals surface area contributed by atoms with Crippen molar-refractivity contribution in [2.75, 3.05) is 31.5 Å². The molecule has 0 saturated carbocycles. The van der Waals surface area contributed by atoms with Crippen LogP contribution in [0.3, 0.4) is 0 Å². The van der Waals surface area contributed by atoms with E-state index < -0.39 is 0 Å². The van der Waals surface area contributed by atoms with Crippen molar-refractivity contribution >= 4 is 23.6 Å². The van der Waals surface area contributed by atoms with Gasteiger partial charge in [-0.25, -0.2) is 4.39 Å². The molecule has 6 heteroatoms. The van der Waals surface area contributed by atoms with Gasteiger partial charge in [0.1, 0.15) is 5.82 Å². The van der Waals surface area contributed by atoms with Crippen molar-refractivity contribution in [1.82, 2.24) is 9.80 Å². The Balaban J connectivity index is 1.26. The van der Waals surface area contributed by atoms with E-state index in [0.29, 0.717) is 29.9 Å². The number of piperazine rings is 1. The van der Waals surface area contributed by atoms with Crippen LogP contribution in [0.4, 0.5) is 10.1 Å². The van der Waals surface area contributed by atoms with Crippen LogP contribution >= 0.6 is 0 Å². The summed E-state index contributed by atoms with van der Waals surface area (Å²) in [7, 11) is 0. The summed E-state index contributed by atoms with van der Waals surface area (Å²) < 4.78 is 13.1. The fourth-order valence-corrected chi connectivity index (χ4v) is 4.94. The van der Waals surface area contributed by atoms with Crippen LogP contribution in [-0.2, 0) is 4.79 Å². The lowest BCUT2D eigenvalue weighted by Crippen LogP contribution is -2.50. The quantitative estimate of drug-likeness (QED) is 0.304. The van der Waals surface area contributed by atoms with Gasteiger partial charge in [-0.05, 0) is 47.0 Å². The minimum Gasteiger partial charge on any atom is -0.336 e. The Morgan fingerprint density at radius 2 is 1.28 bits per heavy atom.